The van der Waals surface area contributed by atoms with E-state index in [1.165, 1.54) is 67.2 Å². The maximum Gasteiger partial charge on any atom is 0.235 e. The largest absolute Gasteiger partial charge is 0.543 e. The zero-order valence-electron chi connectivity index (χ0n) is 23.2. The van der Waals surface area contributed by atoms with Crippen molar-refractivity contribution in [2.75, 3.05) is 45.8 Å². The van der Waals surface area contributed by atoms with E-state index >= 15 is 0 Å². The van der Waals surface area contributed by atoms with Crippen LogP contribution in [0.1, 0.15) is 53.7 Å². The zero-order valence-corrected chi connectivity index (χ0v) is 23.2. The molecule has 0 saturated carbocycles. The molecule has 1 amide bonds. The van der Waals surface area contributed by atoms with Crippen LogP contribution in [0.5, 0.6) is 0 Å². The van der Waals surface area contributed by atoms with E-state index in [1.54, 1.807) is 19.1 Å². The number of piperazine rings is 3. The fourth-order valence-electron chi connectivity index (χ4n) is 8.30. The van der Waals surface area contributed by atoms with Crippen LogP contribution in [0.2, 0.25) is 0 Å². The van der Waals surface area contributed by atoms with Gasteiger partial charge in [0.05, 0.1) is 36.3 Å². The van der Waals surface area contributed by atoms with E-state index in [0.29, 0.717) is 28.7 Å². The minimum absolute atomic E-state index is 0.00279. The van der Waals surface area contributed by atoms with Gasteiger partial charge in [-0.3, -0.25) is 9.59 Å². The van der Waals surface area contributed by atoms with Crippen molar-refractivity contribution in [1.82, 2.24) is 4.90 Å². The van der Waals surface area contributed by atoms with Crippen molar-refractivity contribution in [3.63, 3.8) is 0 Å². The number of benzene rings is 2. The van der Waals surface area contributed by atoms with Crippen molar-refractivity contribution in [3.8, 4) is 11.1 Å². The van der Waals surface area contributed by atoms with Gasteiger partial charge >= 0.3 is 0 Å². The van der Waals surface area contributed by atoms with E-state index in [4.69, 9.17) is 0 Å². The molecule has 0 radical (unpaired) electrons. The minimum Gasteiger partial charge on any atom is -0.543 e. The number of carboxylic acids is 1. The lowest BCUT2D eigenvalue weighted by atomic mass is 9.82. The van der Waals surface area contributed by atoms with Gasteiger partial charge in [-0.05, 0) is 60.2 Å². The lowest BCUT2D eigenvalue weighted by Crippen LogP contribution is -2.74. The summed E-state index contributed by atoms with van der Waals surface area (Å²) in [5, 5.41) is 22.2. The third-order valence-corrected chi connectivity index (χ3v) is 10.5. The number of rotatable bonds is 7. The lowest BCUT2D eigenvalue weighted by Gasteiger charge is -2.55. The second-order valence-corrected chi connectivity index (χ2v) is 12.7. The molecule has 2 aromatic rings. The van der Waals surface area contributed by atoms with Gasteiger partial charge in [0.25, 0.3) is 0 Å². The number of carbonyl (C=O) groups excluding carboxylic acids is 3. The molecule has 40 heavy (non-hydrogen) atoms. The summed E-state index contributed by atoms with van der Waals surface area (Å²) in [5.41, 5.74) is 5.26. The van der Waals surface area contributed by atoms with E-state index < -0.39 is 18.0 Å². The molecule has 5 aliphatic heterocycles. The number of hydrogen-bond acceptors (Lipinski definition) is 5. The monoisotopic (exact) mass is 542 g/mol. The Kier molecular flexibility index (Phi) is 5.66. The third-order valence-electron chi connectivity index (χ3n) is 10.5. The number of carboxylic acid groups (broad SMARTS) is 1. The Morgan fingerprint density at radius 2 is 1.65 bits per heavy atom. The van der Waals surface area contributed by atoms with Crippen molar-refractivity contribution in [1.29, 1.82) is 0 Å². The van der Waals surface area contributed by atoms with Crippen LogP contribution in [-0.4, -0.2) is 94.6 Å². The van der Waals surface area contributed by atoms with Gasteiger partial charge in [-0.1, -0.05) is 25.1 Å². The fraction of sp³-hybridized carbons (Fsp3) is 0.469. The molecule has 2 bridgehead atoms. The van der Waals surface area contributed by atoms with E-state index in [-0.39, 0.29) is 23.4 Å². The summed E-state index contributed by atoms with van der Waals surface area (Å²) in [7, 11) is 0. The van der Waals surface area contributed by atoms with Crippen LogP contribution >= 0.6 is 0 Å². The van der Waals surface area contributed by atoms with Crippen LogP contribution in [0.4, 0.5) is 0 Å². The van der Waals surface area contributed by atoms with Crippen LogP contribution in [0.25, 0.3) is 16.7 Å². The predicted octanol–water partition coefficient (Wildman–Crippen LogP) is 1.54. The van der Waals surface area contributed by atoms with E-state index in [1.807, 2.05) is 12.1 Å². The molecule has 5 heterocycles. The fourth-order valence-corrected chi connectivity index (χ4v) is 8.30. The average Bonchev–Trinajstić information content (AvgIpc) is 3.42. The Bertz CT molecular complexity index is 1480. The second kappa shape index (κ2) is 8.83. The molecule has 1 aliphatic carbocycles. The molecule has 6 aliphatic rings. The molecular formula is C32H36N3O5+. The van der Waals surface area contributed by atoms with Gasteiger partial charge in [0.2, 0.25) is 5.91 Å². The average molecular weight is 543 g/mol. The molecule has 4 saturated heterocycles. The number of amides is 1. The molecule has 4 fully saturated rings. The van der Waals surface area contributed by atoms with Crippen molar-refractivity contribution in [2.24, 2.45) is 5.92 Å². The van der Waals surface area contributed by atoms with Crippen molar-refractivity contribution < 1.29 is 33.6 Å². The zero-order chi connectivity index (χ0) is 28.0. The number of fused-ring (bicyclic) bond motifs is 7. The van der Waals surface area contributed by atoms with Gasteiger partial charge in [-0.2, -0.15) is 0 Å². The molecule has 0 unspecified atom stereocenters. The molecule has 2 aromatic carbocycles. The number of quaternary nitrogens is 2. The Morgan fingerprint density at radius 3 is 2.30 bits per heavy atom. The molecule has 8 rings (SSSR count). The maximum atomic E-state index is 13.5. The highest BCUT2D eigenvalue weighted by Crippen LogP contribution is 2.48. The summed E-state index contributed by atoms with van der Waals surface area (Å²) >= 11 is 0. The summed E-state index contributed by atoms with van der Waals surface area (Å²) in [6.45, 7) is 13.4. The standard InChI is InChI=1S/C32H36N3O5/c1-3-8-34-9-12-35(13-10-34,14-11-34)18-20-4-6-22-25-16-21(5-7-23(25)30(37)26(22)15-20)24-17-27-28(19(2)36)31(38)33(27)29(24)32(39)40/h4-7,15-16,19,27-28,36H,3,8-14,17-18H2,1-2H3/q+1/t19-,27-,28-,34?,35?/m1/s1. The number of β-lactam (4-membered cyclic amide) rings is 1. The molecule has 1 N–H and O–H groups in total. The van der Waals surface area contributed by atoms with Gasteiger partial charge in [-0.15, -0.1) is 0 Å². The Labute approximate surface area is 234 Å². The SMILES string of the molecule is CCC[N+]12CC[N+](Cc3ccc4c(c3)C(=O)c3ccc(C5=C(C(=O)[O-])N6C(=O)[C@H]([C@@H](C)O)[C@H]6C5)cc3-4)(CC1)CC2. The first-order chi connectivity index (χ1) is 19.2. The molecule has 0 spiro atoms. The number of nitrogens with zero attached hydrogens (tertiary/aromatic N) is 3. The minimum atomic E-state index is -1.40. The van der Waals surface area contributed by atoms with Gasteiger partial charge in [0, 0.05) is 16.7 Å². The quantitative estimate of drug-likeness (QED) is 0.361. The summed E-state index contributed by atoms with van der Waals surface area (Å²) < 4.78 is 2.39. The smallest absolute Gasteiger partial charge is 0.235 e. The van der Waals surface area contributed by atoms with Gasteiger partial charge in [-0.25, -0.2) is 0 Å². The van der Waals surface area contributed by atoms with E-state index in [2.05, 4.69) is 19.1 Å². The molecule has 208 valence electrons. The first-order valence-corrected chi connectivity index (χ1v) is 14.6. The van der Waals surface area contributed by atoms with Crippen LogP contribution in [0.3, 0.4) is 0 Å². The highest BCUT2D eigenvalue weighted by Gasteiger charge is 2.55. The normalized spacial score (nSPS) is 30.7. The Balaban J connectivity index is 1.18. The Morgan fingerprint density at radius 1 is 0.975 bits per heavy atom. The summed E-state index contributed by atoms with van der Waals surface area (Å²) in [5.74, 6) is -2.39. The molecule has 3 atom stereocenters. The first kappa shape index (κ1) is 25.6. The first-order valence-electron chi connectivity index (χ1n) is 14.6. The third kappa shape index (κ3) is 3.59. The molecule has 0 aromatic heterocycles. The topological polar surface area (TPSA) is 97.7 Å². The highest BCUT2D eigenvalue weighted by molar-refractivity contribution is 6.22. The molecule has 8 heteroatoms. The summed E-state index contributed by atoms with van der Waals surface area (Å²) in [6, 6.07) is 11.3. The van der Waals surface area contributed by atoms with Crippen molar-refractivity contribution in [2.45, 2.75) is 45.4 Å². The van der Waals surface area contributed by atoms with Crippen LogP contribution in [0.15, 0.2) is 42.1 Å². The summed E-state index contributed by atoms with van der Waals surface area (Å²) in [4.78, 5) is 39.5. The number of aliphatic hydroxyl groups excluding tert-OH is 1. The van der Waals surface area contributed by atoms with E-state index in [0.717, 1.165) is 22.2 Å². The van der Waals surface area contributed by atoms with Gasteiger partial charge < -0.3 is 28.9 Å². The maximum absolute atomic E-state index is 13.5. The van der Waals surface area contributed by atoms with Crippen molar-refractivity contribution >= 4 is 23.2 Å². The number of aliphatic carboxylic acids is 1. The molecule has 8 nitrogen and oxygen atoms in total. The molecular weight excluding hydrogens is 506 g/mol. The highest BCUT2D eigenvalue weighted by atomic mass is 16.4. The Hall–Kier alpha value is -3.33. The van der Waals surface area contributed by atoms with Gasteiger partial charge in [0.15, 0.2) is 5.78 Å². The van der Waals surface area contributed by atoms with Crippen LogP contribution < -0.4 is 5.11 Å². The number of hydrogen-bond donors (Lipinski definition) is 1. The number of carbonyl (C=O) groups is 3. The number of ketones is 1. The van der Waals surface area contributed by atoms with Crippen LogP contribution in [-0.2, 0) is 16.1 Å². The van der Waals surface area contributed by atoms with Crippen molar-refractivity contribution in [3.05, 3.63) is 64.3 Å². The van der Waals surface area contributed by atoms with E-state index in [9.17, 15) is 24.6 Å². The van der Waals surface area contributed by atoms with Crippen LogP contribution in [0, 0.1) is 5.92 Å². The number of aliphatic hydroxyl groups is 1. The van der Waals surface area contributed by atoms with Gasteiger partial charge in [0.1, 0.15) is 45.8 Å². The summed E-state index contributed by atoms with van der Waals surface area (Å²) in [6.07, 6.45) is 0.718. The lowest BCUT2D eigenvalue weighted by molar-refractivity contribution is -1.09. The predicted molar refractivity (Wildman–Crippen MR) is 146 cm³/mol. The second-order valence-electron chi connectivity index (χ2n) is 12.7.